The van der Waals surface area contributed by atoms with Crippen molar-refractivity contribution in [2.75, 3.05) is 75.2 Å². The number of nitrogens with one attached hydrogen (secondary N) is 2. The summed E-state index contributed by atoms with van der Waals surface area (Å²) in [6, 6.07) is 14.7. The van der Waals surface area contributed by atoms with Crippen molar-refractivity contribution < 1.29 is 41.8 Å². The van der Waals surface area contributed by atoms with Crippen LogP contribution in [-0.2, 0) is 30.9 Å². The zero-order valence-corrected chi connectivity index (χ0v) is 34.0. The van der Waals surface area contributed by atoms with Crippen molar-refractivity contribution in [3.05, 3.63) is 104 Å². The first kappa shape index (κ1) is 47.0. The number of azide groups is 1. The molecule has 318 valence electrons. The Labute approximate surface area is 350 Å². The Morgan fingerprint density at radius 1 is 0.949 bits per heavy atom. The van der Waals surface area contributed by atoms with Crippen LogP contribution in [0.15, 0.2) is 70.9 Å². The average Bonchev–Trinajstić information content (AvgIpc) is 3.23. The lowest BCUT2D eigenvalue weighted by Crippen LogP contribution is -2.33. The van der Waals surface area contributed by atoms with Crippen molar-refractivity contribution >= 4 is 58.5 Å². The molecule has 1 fully saturated rings. The van der Waals surface area contributed by atoms with Gasteiger partial charge in [-0.05, 0) is 84.8 Å². The predicted molar refractivity (Wildman–Crippen MR) is 223 cm³/mol. The van der Waals surface area contributed by atoms with Crippen LogP contribution in [0.3, 0.4) is 0 Å². The quantitative estimate of drug-likeness (QED) is 0.0203. The summed E-state index contributed by atoms with van der Waals surface area (Å²) in [5.41, 5.74) is 18.1. The van der Waals surface area contributed by atoms with Gasteiger partial charge in [-0.1, -0.05) is 34.9 Å². The minimum atomic E-state index is -4.66. The summed E-state index contributed by atoms with van der Waals surface area (Å²) in [5, 5.41) is 9.63. The van der Waals surface area contributed by atoms with E-state index in [2.05, 4.69) is 30.8 Å². The van der Waals surface area contributed by atoms with Crippen molar-refractivity contribution in [3.63, 3.8) is 0 Å². The molecule has 1 heterocycles. The number of hydrazone groups is 1. The van der Waals surface area contributed by atoms with Crippen molar-refractivity contribution in [3.8, 4) is 0 Å². The molecular formula is C40H48ClF3N8O6S. The summed E-state index contributed by atoms with van der Waals surface area (Å²) in [6.45, 7) is 4.18. The molecule has 1 saturated heterocycles. The highest BCUT2D eigenvalue weighted by Gasteiger charge is 2.33. The summed E-state index contributed by atoms with van der Waals surface area (Å²) in [5.74, 6) is -0.317. The molecule has 4 N–H and O–H groups in total. The van der Waals surface area contributed by atoms with Gasteiger partial charge in [0.25, 0.3) is 11.8 Å². The number of nitrogens with zero attached hydrogens (tertiary/aromatic N) is 5. The number of carbonyl (C=O) groups excluding carboxylic acids is 3. The minimum absolute atomic E-state index is 0.0687. The largest absolute Gasteiger partial charge is 0.417 e. The summed E-state index contributed by atoms with van der Waals surface area (Å²) >= 11 is 7.19. The summed E-state index contributed by atoms with van der Waals surface area (Å²) in [6.07, 6.45) is 0.334. The minimum Gasteiger partial charge on any atom is -0.379 e. The number of alkyl halides is 3. The van der Waals surface area contributed by atoms with Crippen LogP contribution >= 0.6 is 23.4 Å². The smallest absolute Gasteiger partial charge is 0.379 e. The second-order valence-electron chi connectivity index (χ2n) is 13.4. The number of rotatable bonds is 24. The monoisotopic (exact) mass is 860 g/mol. The van der Waals surface area contributed by atoms with E-state index >= 15 is 0 Å². The highest BCUT2D eigenvalue weighted by atomic mass is 35.5. The fourth-order valence-electron chi connectivity index (χ4n) is 5.86. The molecule has 0 unspecified atom stereocenters. The zero-order chi connectivity index (χ0) is 42.5. The maximum atomic E-state index is 13.5. The van der Waals surface area contributed by atoms with Gasteiger partial charge >= 0.3 is 6.18 Å². The number of anilines is 2. The lowest BCUT2D eigenvalue weighted by molar-refractivity contribution is -0.137. The van der Waals surface area contributed by atoms with Gasteiger partial charge in [-0.2, -0.15) is 30.0 Å². The molecule has 3 aromatic carbocycles. The Morgan fingerprint density at radius 2 is 1.68 bits per heavy atom. The number of carbonyl (C=O) groups is 3. The van der Waals surface area contributed by atoms with E-state index in [1.165, 1.54) is 17.8 Å². The standard InChI is InChI=1S/C40H48ClF3N8O6S/c41-34-11-9-28(23-33(34)40(42,43)44)25-48-50-39(55)32-24-31(52-14-2-1-3-15-52)10-12-36(32)49-38(54)30-7-4-6-29(22-30)26-59-27-35(45)37(53)8-5-16-56-18-20-58-21-19-57-17-13-47-51-46/h4,6-7,9-12,22-25,35H,1-3,5,8,13-21,26-27,45H2,(H,49,54)(H,50,55)/b48-25+/t35-/m0/s1. The van der Waals surface area contributed by atoms with Gasteiger partial charge in [0, 0.05) is 60.3 Å². The van der Waals surface area contributed by atoms with Crippen LogP contribution < -0.4 is 21.4 Å². The normalized spacial score (nSPS) is 13.5. The molecule has 14 nitrogen and oxygen atoms in total. The molecule has 1 aliphatic rings. The molecule has 2 amide bonds. The third-order valence-corrected chi connectivity index (χ3v) is 10.4. The van der Waals surface area contributed by atoms with E-state index in [9.17, 15) is 27.6 Å². The summed E-state index contributed by atoms with van der Waals surface area (Å²) in [4.78, 5) is 44.4. The van der Waals surface area contributed by atoms with E-state index < -0.39 is 34.6 Å². The van der Waals surface area contributed by atoms with E-state index in [0.717, 1.165) is 62.0 Å². The van der Waals surface area contributed by atoms with Gasteiger partial charge in [0.1, 0.15) is 5.78 Å². The van der Waals surface area contributed by atoms with Gasteiger partial charge < -0.3 is 30.2 Å². The molecule has 0 saturated carbocycles. The number of halogens is 4. The van der Waals surface area contributed by atoms with Crippen LogP contribution in [0, 0.1) is 0 Å². The van der Waals surface area contributed by atoms with Gasteiger partial charge in [-0.25, -0.2) is 5.43 Å². The number of hydrogen-bond acceptors (Lipinski definition) is 11. The van der Waals surface area contributed by atoms with E-state index in [4.69, 9.17) is 37.1 Å². The molecule has 0 aliphatic carbocycles. The lowest BCUT2D eigenvalue weighted by atomic mass is 10.1. The molecular weight excluding hydrogens is 813 g/mol. The van der Waals surface area contributed by atoms with Gasteiger partial charge in [-0.15, -0.1) is 0 Å². The molecule has 0 bridgehead atoms. The zero-order valence-electron chi connectivity index (χ0n) is 32.4. The van der Waals surface area contributed by atoms with E-state index in [-0.39, 0.29) is 35.6 Å². The lowest BCUT2D eigenvalue weighted by Gasteiger charge is -2.29. The number of piperidine rings is 1. The molecule has 1 aliphatic heterocycles. The first-order chi connectivity index (χ1) is 28.5. The molecule has 4 rings (SSSR count). The van der Waals surface area contributed by atoms with Crippen LogP contribution in [0.2, 0.25) is 5.02 Å². The Morgan fingerprint density at radius 3 is 2.41 bits per heavy atom. The third-order valence-electron chi connectivity index (χ3n) is 8.92. The topological polar surface area (TPSA) is 193 Å². The first-order valence-electron chi connectivity index (χ1n) is 19.1. The SMILES string of the molecule is [N-]=[N+]=NCCOCCOCCOCCCC(=O)[C@@H](N)CSCc1cccc(C(=O)Nc2ccc(N3CCCCC3)cc2C(=O)N/N=C/c2ccc(Cl)c(C(F)(F)F)c2)c1. The van der Waals surface area contributed by atoms with Crippen LogP contribution in [0.25, 0.3) is 10.4 Å². The fourth-order valence-corrected chi connectivity index (χ4v) is 7.06. The van der Waals surface area contributed by atoms with Gasteiger partial charge in [0.15, 0.2) is 0 Å². The van der Waals surface area contributed by atoms with Crippen LogP contribution in [-0.4, -0.2) is 94.9 Å². The average molecular weight is 861 g/mol. The van der Waals surface area contributed by atoms with Gasteiger partial charge in [-0.3, -0.25) is 14.4 Å². The molecule has 1 atom stereocenters. The Balaban J connectivity index is 1.26. The number of amides is 2. The highest BCUT2D eigenvalue weighted by Crippen LogP contribution is 2.35. The number of benzene rings is 3. The number of ketones is 1. The second kappa shape index (κ2) is 25.1. The molecule has 0 spiro atoms. The van der Waals surface area contributed by atoms with E-state index in [0.29, 0.717) is 63.1 Å². The second-order valence-corrected chi connectivity index (χ2v) is 14.8. The van der Waals surface area contributed by atoms with Crippen LogP contribution in [0.5, 0.6) is 0 Å². The predicted octanol–water partition coefficient (Wildman–Crippen LogP) is 7.64. The van der Waals surface area contributed by atoms with E-state index in [1.807, 2.05) is 12.1 Å². The van der Waals surface area contributed by atoms with Crippen molar-refractivity contribution in [2.45, 2.75) is 50.1 Å². The number of thioether (sulfide) groups is 1. The summed E-state index contributed by atoms with van der Waals surface area (Å²) < 4.78 is 56.2. The van der Waals surface area contributed by atoms with Crippen molar-refractivity contribution in [2.24, 2.45) is 15.9 Å². The summed E-state index contributed by atoms with van der Waals surface area (Å²) in [7, 11) is 0. The van der Waals surface area contributed by atoms with Crippen LogP contribution in [0.1, 0.15) is 69.5 Å². The number of nitrogens with two attached hydrogens (primary N) is 1. The molecule has 0 radical (unpaired) electrons. The Hall–Kier alpha value is -4.68. The number of ether oxygens (including phenoxy) is 3. The third kappa shape index (κ3) is 16.5. The Bertz CT molecular complexity index is 1930. The molecule has 3 aromatic rings. The van der Waals surface area contributed by atoms with Crippen LogP contribution in [0.4, 0.5) is 24.5 Å². The fraction of sp³-hybridized carbons (Fsp3) is 0.450. The number of Topliss-reactive ketones (excluding diaryl/α,β-unsaturated/α-hetero) is 1. The van der Waals surface area contributed by atoms with Crippen molar-refractivity contribution in [1.82, 2.24) is 5.43 Å². The van der Waals surface area contributed by atoms with Crippen molar-refractivity contribution in [1.29, 1.82) is 0 Å². The van der Waals surface area contributed by atoms with E-state index in [1.54, 1.807) is 30.3 Å². The number of hydrogen-bond donors (Lipinski definition) is 3. The maximum absolute atomic E-state index is 13.5. The highest BCUT2D eigenvalue weighted by molar-refractivity contribution is 7.98. The molecule has 0 aromatic heterocycles. The first-order valence-corrected chi connectivity index (χ1v) is 20.6. The van der Waals surface area contributed by atoms with Gasteiger partial charge in [0.2, 0.25) is 0 Å². The Kier molecular flexibility index (Phi) is 20.0. The maximum Gasteiger partial charge on any atom is 0.417 e. The molecule has 19 heteroatoms. The van der Waals surface area contributed by atoms with Gasteiger partial charge in [0.05, 0.1) is 67.1 Å². The molecule has 59 heavy (non-hydrogen) atoms.